The van der Waals surface area contributed by atoms with Crippen LogP contribution in [0.2, 0.25) is 0 Å². The van der Waals surface area contributed by atoms with Crippen molar-refractivity contribution in [2.75, 3.05) is 41.8 Å². The highest BCUT2D eigenvalue weighted by atomic mass is 16.5. The molecule has 32 heavy (non-hydrogen) atoms. The van der Waals surface area contributed by atoms with Gasteiger partial charge in [-0.1, -0.05) is 12.1 Å². The molecule has 2 aromatic rings. The van der Waals surface area contributed by atoms with E-state index in [4.69, 9.17) is 4.74 Å². The molecule has 5 heteroatoms. The van der Waals surface area contributed by atoms with Crippen LogP contribution >= 0.6 is 0 Å². The van der Waals surface area contributed by atoms with Crippen LogP contribution in [0.1, 0.15) is 48.9 Å². The van der Waals surface area contributed by atoms with E-state index in [0.29, 0.717) is 5.56 Å². The number of ether oxygens (including phenoxy) is 1. The second kappa shape index (κ2) is 8.11. The van der Waals surface area contributed by atoms with Crippen LogP contribution in [0.3, 0.4) is 0 Å². The number of amides is 1. The molecule has 0 radical (unpaired) electrons. The number of rotatable bonds is 5. The molecule has 1 aliphatic heterocycles. The van der Waals surface area contributed by atoms with Gasteiger partial charge in [0.15, 0.2) is 0 Å². The van der Waals surface area contributed by atoms with Crippen molar-refractivity contribution < 1.29 is 9.53 Å². The van der Waals surface area contributed by atoms with Crippen LogP contribution < -0.4 is 15.5 Å². The van der Waals surface area contributed by atoms with E-state index in [2.05, 4.69) is 27.7 Å². The van der Waals surface area contributed by atoms with Gasteiger partial charge in [-0.3, -0.25) is 4.79 Å². The van der Waals surface area contributed by atoms with Gasteiger partial charge in [0.25, 0.3) is 5.91 Å². The zero-order valence-corrected chi connectivity index (χ0v) is 18.7. The van der Waals surface area contributed by atoms with Crippen molar-refractivity contribution in [3.63, 3.8) is 0 Å². The Balaban J connectivity index is 1.17. The Morgan fingerprint density at radius 2 is 1.44 bits per heavy atom. The minimum Gasteiger partial charge on any atom is -0.378 e. The van der Waals surface area contributed by atoms with Gasteiger partial charge < -0.3 is 20.3 Å². The minimum atomic E-state index is -0.0571. The predicted molar refractivity (Wildman–Crippen MR) is 128 cm³/mol. The highest BCUT2D eigenvalue weighted by Crippen LogP contribution is 2.56. The average molecular weight is 432 g/mol. The summed E-state index contributed by atoms with van der Waals surface area (Å²) in [6, 6.07) is 16.1. The topological polar surface area (TPSA) is 53.6 Å². The molecule has 0 aromatic heterocycles. The van der Waals surface area contributed by atoms with Crippen LogP contribution in [0.5, 0.6) is 0 Å². The summed E-state index contributed by atoms with van der Waals surface area (Å²) in [6.07, 6.45) is 8.14. The molecule has 0 spiro atoms. The zero-order valence-electron chi connectivity index (χ0n) is 18.7. The van der Waals surface area contributed by atoms with Crippen LogP contribution in [-0.2, 0) is 4.74 Å². The van der Waals surface area contributed by atoms with E-state index >= 15 is 0 Å². The number of nitrogens with one attached hydrogen (secondary N) is 2. The van der Waals surface area contributed by atoms with Crippen molar-refractivity contribution >= 4 is 23.0 Å². The third-order valence-electron chi connectivity index (χ3n) is 8.12. The summed E-state index contributed by atoms with van der Waals surface area (Å²) < 4.78 is 5.44. The number of hydrogen-bond acceptors (Lipinski definition) is 4. The van der Waals surface area contributed by atoms with E-state index in [-0.39, 0.29) is 11.4 Å². The number of benzene rings is 2. The fourth-order valence-electron chi connectivity index (χ4n) is 7.09. The first-order valence-electron chi connectivity index (χ1n) is 12.3. The molecular weight excluding hydrogens is 398 g/mol. The number of hydrogen-bond donors (Lipinski definition) is 2. The molecule has 1 heterocycles. The molecule has 4 saturated carbocycles. The maximum atomic E-state index is 13.0. The molecule has 7 rings (SSSR count). The molecule has 4 aliphatic carbocycles. The standard InChI is InChI=1S/C27H33N3O2/c31-26(22-5-7-23(8-6-22)30-9-11-32-12-10-30)28-24-3-1-2-4-25(24)29-27-16-19-13-20(17-27)15-21(14-19)18-27/h1-8,19-21,29H,9-18H2,(H,28,31). The maximum absolute atomic E-state index is 13.0. The lowest BCUT2D eigenvalue weighted by Gasteiger charge is -2.57. The summed E-state index contributed by atoms with van der Waals surface area (Å²) in [4.78, 5) is 15.3. The smallest absolute Gasteiger partial charge is 0.255 e. The van der Waals surface area contributed by atoms with Crippen molar-refractivity contribution in [2.45, 2.75) is 44.1 Å². The third kappa shape index (κ3) is 3.88. The van der Waals surface area contributed by atoms with Gasteiger partial charge in [-0.2, -0.15) is 0 Å². The van der Waals surface area contributed by atoms with Gasteiger partial charge in [0.1, 0.15) is 0 Å². The Morgan fingerprint density at radius 1 is 0.844 bits per heavy atom. The molecule has 5 aliphatic rings. The van der Waals surface area contributed by atoms with Crippen molar-refractivity contribution in [2.24, 2.45) is 17.8 Å². The predicted octanol–water partition coefficient (Wildman–Crippen LogP) is 5.16. The first-order chi connectivity index (χ1) is 15.7. The molecule has 168 valence electrons. The molecule has 2 aromatic carbocycles. The fraction of sp³-hybridized carbons (Fsp3) is 0.519. The first kappa shape index (κ1) is 20.1. The Morgan fingerprint density at radius 3 is 2.06 bits per heavy atom. The monoisotopic (exact) mass is 431 g/mol. The number of carbonyl (C=O) groups excluding carboxylic acids is 1. The SMILES string of the molecule is O=C(Nc1ccccc1NC12CC3CC(CC(C3)C1)C2)c1ccc(N2CCOCC2)cc1. The minimum absolute atomic E-state index is 0.0571. The molecule has 0 unspecified atom stereocenters. The number of anilines is 3. The maximum Gasteiger partial charge on any atom is 0.255 e. The molecule has 5 fully saturated rings. The highest BCUT2D eigenvalue weighted by Gasteiger charge is 2.51. The normalized spacial score (nSPS) is 30.9. The van der Waals surface area contributed by atoms with Crippen LogP contribution in [0.25, 0.3) is 0 Å². The second-order valence-corrected chi connectivity index (χ2v) is 10.5. The molecule has 1 amide bonds. The lowest BCUT2D eigenvalue weighted by molar-refractivity contribution is 0.0107. The van der Waals surface area contributed by atoms with E-state index in [1.807, 2.05) is 36.4 Å². The molecule has 4 bridgehead atoms. The van der Waals surface area contributed by atoms with Crippen molar-refractivity contribution in [1.29, 1.82) is 0 Å². The number of carbonyl (C=O) groups is 1. The molecule has 2 N–H and O–H groups in total. The third-order valence-corrected chi connectivity index (χ3v) is 8.12. The van der Waals surface area contributed by atoms with Crippen molar-refractivity contribution in [3.05, 3.63) is 54.1 Å². The van der Waals surface area contributed by atoms with Crippen LogP contribution in [0, 0.1) is 17.8 Å². The lowest BCUT2D eigenvalue weighted by atomic mass is 9.53. The number of nitrogens with zero attached hydrogens (tertiary/aromatic N) is 1. The van der Waals surface area contributed by atoms with Gasteiger partial charge in [0, 0.05) is 29.9 Å². The van der Waals surface area contributed by atoms with Gasteiger partial charge in [0.05, 0.1) is 24.6 Å². The van der Waals surface area contributed by atoms with E-state index < -0.39 is 0 Å². The van der Waals surface area contributed by atoms with Gasteiger partial charge >= 0.3 is 0 Å². The van der Waals surface area contributed by atoms with Gasteiger partial charge in [0.2, 0.25) is 0 Å². The summed E-state index contributed by atoms with van der Waals surface area (Å²) >= 11 is 0. The van der Waals surface area contributed by atoms with Gasteiger partial charge in [-0.15, -0.1) is 0 Å². The summed E-state index contributed by atoms with van der Waals surface area (Å²) in [6.45, 7) is 3.31. The van der Waals surface area contributed by atoms with Gasteiger partial charge in [-0.25, -0.2) is 0 Å². The molecule has 1 saturated heterocycles. The Bertz CT molecular complexity index is 945. The second-order valence-electron chi connectivity index (χ2n) is 10.5. The largest absolute Gasteiger partial charge is 0.378 e. The zero-order chi connectivity index (χ0) is 21.5. The summed E-state index contributed by atoms with van der Waals surface area (Å²) in [5, 5.41) is 7.10. The fourth-order valence-corrected chi connectivity index (χ4v) is 7.09. The summed E-state index contributed by atoms with van der Waals surface area (Å²) in [7, 11) is 0. The Labute approximate surface area is 190 Å². The van der Waals surface area contributed by atoms with E-state index in [9.17, 15) is 4.79 Å². The highest BCUT2D eigenvalue weighted by molar-refractivity contribution is 6.06. The van der Waals surface area contributed by atoms with Crippen LogP contribution in [0.4, 0.5) is 17.1 Å². The Hall–Kier alpha value is -2.53. The molecule has 5 nitrogen and oxygen atoms in total. The van der Waals surface area contributed by atoms with Crippen molar-refractivity contribution in [3.8, 4) is 0 Å². The number of morpholine rings is 1. The molecule has 0 atom stereocenters. The summed E-state index contributed by atoms with van der Waals surface area (Å²) in [5.74, 6) is 2.61. The van der Waals surface area contributed by atoms with Crippen LogP contribution in [-0.4, -0.2) is 37.7 Å². The lowest BCUT2D eigenvalue weighted by Crippen LogP contribution is -2.54. The average Bonchev–Trinajstić information content (AvgIpc) is 2.80. The van der Waals surface area contributed by atoms with E-state index in [1.165, 1.54) is 38.5 Å². The van der Waals surface area contributed by atoms with Gasteiger partial charge in [-0.05, 0) is 92.7 Å². The van der Waals surface area contributed by atoms with Crippen LogP contribution in [0.15, 0.2) is 48.5 Å². The first-order valence-corrected chi connectivity index (χ1v) is 12.3. The number of para-hydroxylation sites is 2. The molecular formula is C27H33N3O2. The quantitative estimate of drug-likeness (QED) is 0.687. The van der Waals surface area contributed by atoms with E-state index in [0.717, 1.165) is 61.1 Å². The van der Waals surface area contributed by atoms with E-state index in [1.54, 1.807) is 0 Å². The summed E-state index contributed by atoms with van der Waals surface area (Å²) in [5.41, 5.74) is 3.99. The Kier molecular flexibility index (Phi) is 5.09. The van der Waals surface area contributed by atoms with Crippen molar-refractivity contribution in [1.82, 2.24) is 0 Å².